The fourth-order valence-corrected chi connectivity index (χ4v) is 9.02. The van der Waals surface area contributed by atoms with Crippen LogP contribution in [-0.4, -0.2) is 71.3 Å². The van der Waals surface area contributed by atoms with E-state index in [0.29, 0.717) is 17.0 Å². The van der Waals surface area contributed by atoms with Crippen LogP contribution in [0, 0.1) is 17.0 Å². The summed E-state index contributed by atoms with van der Waals surface area (Å²) in [5, 5.41) is 11.9. The number of hydrogen-bond donors (Lipinski definition) is 1. The number of ether oxygens (including phenoxy) is 5. The van der Waals surface area contributed by atoms with E-state index in [1.807, 2.05) is 0 Å². The van der Waals surface area contributed by atoms with E-state index in [0.717, 1.165) is 57.2 Å². The van der Waals surface area contributed by atoms with Gasteiger partial charge in [-0.3, -0.25) is 4.90 Å². The molecule has 3 atom stereocenters. The van der Waals surface area contributed by atoms with Gasteiger partial charge >= 0.3 is 18.6 Å². The number of esters is 2. The second kappa shape index (κ2) is 18.3. The van der Waals surface area contributed by atoms with E-state index in [2.05, 4.69) is 14.4 Å². The Kier molecular flexibility index (Phi) is 13.1. The van der Waals surface area contributed by atoms with E-state index >= 15 is 0 Å². The summed E-state index contributed by atoms with van der Waals surface area (Å²) in [4.78, 5) is 29.6. The third-order valence-corrected chi connectivity index (χ3v) is 12.7. The number of alkyl halides is 2. The predicted molar refractivity (Wildman–Crippen MR) is 210 cm³/mol. The van der Waals surface area contributed by atoms with Gasteiger partial charge in [0.1, 0.15) is 34.0 Å². The summed E-state index contributed by atoms with van der Waals surface area (Å²) in [5.41, 5.74) is 0.602. The standard InChI is InChI=1S/C41H41Cl2F2N3O10S/c1-54-29-6-2-4-27(16-29)38(40(50)57-37-22-47-14-12-25(37)13-15-47)46-59(52,53)30-7-3-5-28(17-30)39(49)56-35(19-31-32(42)20-48(51)21-33(31)43)26-10-11-34(58-41(44)45)36(18-26)55-23-24-8-9-24/h2-7,10-11,16-18,20-21,24-25,35,37-38,41,46H,8-9,12-15,19,22-23H2,1H3/t35-,37-,38?/m0/s1. The van der Waals surface area contributed by atoms with Crippen LogP contribution in [0.15, 0.2) is 84.0 Å². The summed E-state index contributed by atoms with van der Waals surface area (Å²) in [6, 6.07) is 14.0. The molecule has 3 saturated heterocycles. The SMILES string of the molecule is COc1cccc(C(NS(=O)(=O)c2cccc(C(=O)O[C@@H](Cc3c(Cl)c[n+]([O-])cc3Cl)c3ccc(OC(F)F)c(OCC4CC4)c3)c2)C(=O)O[C@H]2CN3CCC2CC3)c1. The molecule has 13 nitrogen and oxygen atoms in total. The molecular weight excluding hydrogens is 835 g/mol. The molecule has 8 rings (SSSR count). The van der Waals surface area contributed by atoms with E-state index < -0.39 is 46.8 Å². The monoisotopic (exact) mass is 875 g/mol. The Hall–Kier alpha value is -4.74. The van der Waals surface area contributed by atoms with Crippen molar-refractivity contribution in [2.75, 3.05) is 33.4 Å². The maximum absolute atomic E-state index is 14.1. The van der Waals surface area contributed by atoms with E-state index in [1.54, 1.807) is 18.2 Å². The van der Waals surface area contributed by atoms with Crippen molar-refractivity contribution in [3.05, 3.63) is 117 Å². The Morgan fingerprint density at radius 1 is 0.949 bits per heavy atom. The van der Waals surface area contributed by atoms with Crippen LogP contribution in [0.1, 0.15) is 64.9 Å². The molecule has 1 aliphatic carbocycles. The number of halogens is 4. The second-order valence-corrected chi connectivity index (χ2v) is 17.2. The molecular formula is C41H41Cl2F2N3O10S. The molecule has 3 aliphatic heterocycles. The largest absolute Gasteiger partial charge is 0.619 e. The first-order chi connectivity index (χ1) is 28.3. The summed E-state index contributed by atoms with van der Waals surface area (Å²) >= 11 is 12.8. The first-order valence-corrected chi connectivity index (χ1v) is 21.2. The maximum Gasteiger partial charge on any atom is 0.387 e. The molecule has 18 heteroatoms. The van der Waals surface area contributed by atoms with E-state index in [4.69, 9.17) is 42.1 Å². The molecule has 59 heavy (non-hydrogen) atoms. The maximum atomic E-state index is 14.1. The summed E-state index contributed by atoms with van der Waals surface area (Å²) < 4.78 is 85.5. The number of carbonyl (C=O) groups is 2. The second-order valence-electron chi connectivity index (χ2n) is 14.7. The van der Waals surface area contributed by atoms with Crippen LogP contribution in [0.2, 0.25) is 10.0 Å². The summed E-state index contributed by atoms with van der Waals surface area (Å²) in [7, 11) is -3.07. The lowest BCUT2D eigenvalue weighted by Gasteiger charge is -2.44. The minimum Gasteiger partial charge on any atom is -0.619 e. The van der Waals surface area contributed by atoms with Crippen molar-refractivity contribution in [1.82, 2.24) is 9.62 Å². The zero-order valence-electron chi connectivity index (χ0n) is 31.7. The molecule has 2 bridgehead atoms. The number of nitrogens with one attached hydrogen (secondary N) is 1. The van der Waals surface area contributed by atoms with Crippen LogP contribution in [-0.2, 0) is 30.7 Å². The van der Waals surface area contributed by atoms with Crippen molar-refractivity contribution in [1.29, 1.82) is 0 Å². The number of aromatic nitrogens is 1. The molecule has 0 spiro atoms. The minimum absolute atomic E-state index is 0.0183. The third-order valence-electron chi connectivity index (χ3n) is 10.6. The average molecular weight is 877 g/mol. The highest BCUT2D eigenvalue weighted by Gasteiger charge is 2.39. The molecule has 3 aromatic carbocycles. The molecule has 1 N–H and O–H groups in total. The lowest BCUT2D eigenvalue weighted by molar-refractivity contribution is -0.605. The third kappa shape index (κ3) is 10.5. The Morgan fingerprint density at radius 2 is 1.68 bits per heavy atom. The topological polar surface area (TPSA) is 157 Å². The zero-order chi connectivity index (χ0) is 41.8. The molecule has 4 aliphatic rings. The molecule has 1 saturated carbocycles. The number of pyridine rings is 1. The number of fused-ring (bicyclic) bond motifs is 3. The number of benzene rings is 3. The predicted octanol–water partition coefficient (Wildman–Crippen LogP) is 6.82. The van der Waals surface area contributed by atoms with Crippen LogP contribution in [0.25, 0.3) is 0 Å². The Labute approximate surface area is 349 Å². The van der Waals surface area contributed by atoms with E-state index in [9.17, 15) is 32.0 Å². The molecule has 1 unspecified atom stereocenters. The molecule has 0 radical (unpaired) electrons. The molecule has 4 heterocycles. The number of nitrogens with zero attached hydrogens (tertiary/aromatic N) is 2. The minimum atomic E-state index is -4.52. The number of rotatable bonds is 17. The van der Waals surface area contributed by atoms with Gasteiger partial charge in [-0.05, 0) is 104 Å². The van der Waals surface area contributed by atoms with Crippen molar-refractivity contribution in [2.24, 2.45) is 11.8 Å². The number of carbonyl (C=O) groups excluding carboxylic acids is 2. The number of hydrogen-bond acceptors (Lipinski definition) is 11. The van der Waals surface area contributed by atoms with Crippen LogP contribution in [0.5, 0.6) is 17.2 Å². The highest BCUT2D eigenvalue weighted by molar-refractivity contribution is 7.89. The summed E-state index contributed by atoms with van der Waals surface area (Å²) in [6.07, 6.45) is 3.91. The molecule has 0 amide bonds. The van der Waals surface area contributed by atoms with Crippen LogP contribution >= 0.6 is 23.2 Å². The highest BCUT2D eigenvalue weighted by Crippen LogP contribution is 2.38. The van der Waals surface area contributed by atoms with Gasteiger partial charge < -0.3 is 28.9 Å². The van der Waals surface area contributed by atoms with Crippen molar-refractivity contribution >= 4 is 45.2 Å². The van der Waals surface area contributed by atoms with Crippen LogP contribution < -0.4 is 23.7 Å². The van der Waals surface area contributed by atoms with Crippen LogP contribution in [0.3, 0.4) is 0 Å². The number of piperidine rings is 3. The van der Waals surface area contributed by atoms with Crippen molar-refractivity contribution < 1.29 is 55.2 Å². The summed E-state index contributed by atoms with van der Waals surface area (Å²) in [6.45, 7) is -0.505. The molecule has 1 aromatic heterocycles. The Bertz CT molecular complexity index is 2270. The Morgan fingerprint density at radius 3 is 2.34 bits per heavy atom. The van der Waals surface area contributed by atoms with Gasteiger partial charge in [-0.1, -0.05) is 47.5 Å². The van der Waals surface area contributed by atoms with Gasteiger partial charge in [0.05, 0.1) is 24.2 Å². The van der Waals surface area contributed by atoms with E-state index in [-0.39, 0.29) is 73.6 Å². The normalized spacial score (nSPS) is 19.8. The number of methoxy groups -OCH3 is 1. The lowest BCUT2D eigenvalue weighted by Crippen LogP contribution is -2.52. The van der Waals surface area contributed by atoms with Gasteiger partial charge in [-0.25, -0.2) is 18.0 Å². The van der Waals surface area contributed by atoms with Crippen molar-refractivity contribution in [2.45, 2.75) is 61.9 Å². The zero-order valence-corrected chi connectivity index (χ0v) is 34.1. The number of sulfonamides is 1. The first kappa shape index (κ1) is 42.4. The average Bonchev–Trinajstić information content (AvgIpc) is 4.05. The Balaban J connectivity index is 1.16. The first-order valence-electron chi connectivity index (χ1n) is 18.9. The van der Waals surface area contributed by atoms with Gasteiger partial charge in [0.15, 0.2) is 23.9 Å². The van der Waals surface area contributed by atoms with Gasteiger partial charge in [0, 0.05) is 18.5 Å². The van der Waals surface area contributed by atoms with Crippen molar-refractivity contribution in [3.8, 4) is 17.2 Å². The van der Waals surface area contributed by atoms with Gasteiger partial charge in [-0.15, -0.1) is 0 Å². The lowest BCUT2D eigenvalue weighted by atomic mass is 9.86. The van der Waals surface area contributed by atoms with Crippen molar-refractivity contribution in [3.63, 3.8) is 0 Å². The smallest absolute Gasteiger partial charge is 0.387 e. The highest BCUT2D eigenvalue weighted by atomic mass is 35.5. The quantitative estimate of drug-likeness (QED) is 0.0675. The van der Waals surface area contributed by atoms with Crippen LogP contribution in [0.4, 0.5) is 8.78 Å². The van der Waals surface area contributed by atoms with E-state index in [1.165, 1.54) is 49.6 Å². The molecule has 4 aromatic rings. The van der Waals surface area contributed by atoms with Gasteiger partial charge in [0.2, 0.25) is 10.0 Å². The van der Waals surface area contributed by atoms with Gasteiger partial charge in [-0.2, -0.15) is 18.2 Å². The molecule has 4 fully saturated rings. The van der Waals surface area contributed by atoms with Gasteiger partial charge in [0.25, 0.3) is 0 Å². The fourth-order valence-electron chi connectivity index (χ4n) is 7.21. The molecule has 314 valence electrons. The fraction of sp³-hybridized carbons (Fsp3) is 0.390. The summed E-state index contributed by atoms with van der Waals surface area (Å²) in [5.74, 6) is -1.20.